The second kappa shape index (κ2) is 6.81. The monoisotopic (exact) mass is 340 g/mol. The normalized spacial score (nSPS) is 30.7. The molecule has 0 radical (unpaired) electrons. The van der Waals surface area contributed by atoms with Gasteiger partial charge in [-0.2, -0.15) is 21.6 Å². The first-order valence-corrected chi connectivity index (χ1v) is 9.33. The van der Waals surface area contributed by atoms with E-state index in [9.17, 15) is 21.6 Å². The highest BCUT2D eigenvalue weighted by Gasteiger charge is 2.49. The third-order valence-electron chi connectivity index (χ3n) is 5.05. The number of alkyl halides is 3. The summed E-state index contributed by atoms with van der Waals surface area (Å²) in [5.74, 6) is 1.81. The van der Waals surface area contributed by atoms with Gasteiger partial charge < -0.3 is 4.18 Å². The Kier molecular flexibility index (Phi) is 5.45. The number of hydrogen-bond acceptors (Lipinski definition) is 3. The Morgan fingerprint density at radius 2 is 1.77 bits per heavy atom. The van der Waals surface area contributed by atoms with Gasteiger partial charge in [-0.25, -0.2) is 0 Å². The lowest BCUT2D eigenvalue weighted by atomic mass is 9.71. The van der Waals surface area contributed by atoms with Crippen LogP contribution in [-0.2, 0) is 14.3 Å². The van der Waals surface area contributed by atoms with Crippen LogP contribution in [-0.4, -0.2) is 13.9 Å². The van der Waals surface area contributed by atoms with Crippen molar-refractivity contribution in [1.29, 1.82) is 0 Å². The lowest BCUT2D eigenvalue weighted by molar-refractivity contribution is -0.0525. The van der Waals surface area contributed by atoms with Crippen LogP contribution in [0.4, 0.5) is 13.2 Å². The predicted molar refractivity (Wildman–Crippen MR) is 77.2 cm³/mol. The van der Waals surface area contributed by atoms with Crippen LogP contribution in [0.3, 0.4) is 0 Å². The summed E-state index contributed by atoms with van der Waals surface area (Å²) in [6.45, 7) is 2.21. The fraction of sp³-hybridized carbons (Fsp3) is 0.867. The first-order valence-electron chi connectivity index (χ1n) is 7.92. The van der Waals surface area contributed by atoms with Crippen molar-refractivity contribution in [3.05, 3.63) is 11.8 Å². The molecule has 7 heteroatoms. The molecule has 0 spiro atoms. The van der Waals surface area contributed by atoms with Crippen molar-refractivity contribution in [2.24, 2.45) is 17.8 Å². The molecule has 0 bridgehead atoms. The molecular formula is C15H23F3O3S. The van der Waals surface area contributed by atoms with Crippen molar-refractivity contribution in [1.82, 2.24) is 0 Å². The quantitative estimate of drug-likeness (QED) is 0.548. The summed E-state index contributed by atoms with van der Waals surface area (Å²) >= 11 is 0. The van der Waals surface area contributed by atoms with E-state index >= 15 is 0 Å². The van der Waals surface area contributed by atoms with Gasteiger partial charge in [0.15, 0.2) is 0 Å². The van der Waals surface area contributed by atoms with E-state index in [0.717, 1.165) is 5.92 Å². The van der Waals surface area contributed by atoms with Crippen LogP contribution >= 0.6 is 0 Å². The standard InChI is InChI=1S/C15H23F3O3S/c1-2-11-3-5-12(6-4-11)13-7-9-14(10-8-13)21-22(19,20)15(16,17)18/h9,11-13H,2-8,10H2,1H3/t11-,12-,13?. The summed E-state index contributed by atoms with van der Waals surface area (Å²) in [7, 11) is -5.52. The highest BCUT2D eigenvalue weighted by Crippen LogP contribution is 2.41. The summed E-state index contributed by atoms with van der Waals surface area (Å²) in [5.41, 5.74) is -5.36. The Hall–Kier alpha value is -0.720. The smallest absolute Gasteiger partial charge is 0.381 e. The molecule has 2 aliphatic carbocycles. The second-order valence-electron chi connectivity index (χ2n) is 6.38. The molecule has 2 rings (SSSR count). The van der Waals surface area contributed by atoms with Gasteiger partial charge >= 0.3 is 15.6 Å². The van der Waals surface area contributed by atoms with Crippen LogP contribution in [0.1, 0.15) is 58.3 Å². The summed E-state index contributed by atoms with van der Waals surface area (Å²) < 4.78 is 63.0. The first kappa shape index (κ1) is 17.6. The molecule has 0 amide bonds. The molecule has 22 heavy (non-hydrogen) atoms. The van der Waals surface area contributed by atoms with Crippen molar-refractivity contribution in [3.8, 4) is 0 Å². The van der Waals surface area contributed by atoms with Crippen LogP contribution in [0.5, 0.6) is 0 Å². The predicted octanol–water partition coefficient (Wildman–Crippen LogP) is 4.75. The molecule has 2 aliphatic rings. The van der Waals surface area contributed by atoms with E-state index < -0.39 is 15.6 Å². The third kappa shape index (κ3) is 4.18. The Bertz CT molecular complexity index is 503. The van der Waals surface area contributed by atoms with Crippen molar-refractivity contribution < 1.29 is 25.8 Å². The van der Waals surface area contributed by atoms with E-state index in [1.54, 1.807) is 0 Å². The van der Waals surface area contributed by atoms with Crippen molar-refractivity contribution in [2.45, 2.75) is 63.8 Å². The molecule has 1 unspecified atom stereocenters. The zero-order valence-electron chi connectivity index (χ0n) is 12.7. The summed E-state index contributed by atoms with van der Waals surface area (Å²) in [4.78, 5) is 0. The van der Waals surface area contributed by atoms with Gasteiger partial charge in [-0.15, -0.1) is 0 Å². The number of hydrogen-bond donors (Lipinski definition) is 0. The minimum atomic E-state index is -5.52. The van der Waals surface area contributed by atoms with Crippen LogP contribution < -0.4 is 0 Å². The topological polar surface area (TPSA) is 43.4 Å². The molecule has 0 saturated heterocycles. The maximum absolute atomic E-state index is 12.3. The summed E-state index contributed by atoms with van der Waals surface area (Å²) in [6, 6.07) is 0. The molecular weight excluding hydrogens is 317 g/mol. The molecule has 0 aromatic heterocycles. The van der Waals surface area contributed by atoms with Crippen LogP contribution in [0.2, 0.25) is 0 Å². The van der Waals surface area contributed by atoms with Crippen molar-refractivity contribution in [2.75, 3.05) is 0 Å². The van der Waals surface area contributed by atoms with E-state index in [1.165, 1.54) is 38.2 Å². The van der Waals surface area contributed by atoms with Crippen molar-refractivity contribution in [3.63, 3.8) is 0 Å². The molecule has 0 heterocycles. The summed E-state index contributed by atoms with van der Waals surface area (Å²) in [6.07, 6.45) is 9.15. The number of allylic oxidation sites excluding steroid dienone is 2. The molecule has 0 aliphatic heterocycles. The minimum absolute atomic E-state index is 0.0594. The summed E-state index contributed by atoms with van der Waals surface area (Å²) in [5, 5.41) is 0. The Balaban J connectivity index is 1.88. The second-order valence-corrected chi connectivity index (χ2v) is 7.91. The lowest BCUT2D eigenvalue weighted by Crippen LogP contribution is -2.27. The zero-order chi connectivity index (χ0) is 16.4. The largest absolute Gasteiger partial charge is 0.534 e. The van der Waals surface area contributed by atoms with Gasteiger partial charge in [0.2, 0.25) is 0 Å². The van der Waals surface area contributed by atoms with Gasteiger partial charge in [-0.3, -0.25) is 0 Å². The molecule has 0 N–H and O–H groups in total. The Morgan fingerprint density at radius 1 is 1.14 bits per heavy atom. The van der Waals surface area contributed by atoms with E-state index in [-0.39, 0.29) is 12.2 Å². The Morgan fingerprint density at radius 3 is 2.23 bits per heavy atom. The van der Waals surface area contributed by atoms with E-state index in [1.807, 2.05) is 0 Å². The molecule has 3 nitrogen and oxygen atoms in total. The molecule has 1 fully saturated rings. The van der Waals surface area contributed by atoms with Gasteiger partial charge in [0.1, 0.15) is 5.76 Å². The van der Waals surface area contributed by atoms with Gasteiger partial charge in [-0.05, 0) is 49.5 Å². The molecule has 0 aromatic rings. The van der Waals surface area contributed by atoms with Crippen LogP contribution in [0.25, 0.3) is 0 Å². The third-order valence-corrected chi connectivity index (χ3v) is 6.05. The van der Waals surface area contributed by atoms with Crippen molar-refractivity contribution >= 4 is 10.1 Å². The van der Waals surface area contributed by atoms with E-state index in [0.29, 0.717) is 24.7 Å². The van der Waals surface area contributed by atoms with Crippen LogP contribution in [0, 0.1) is 17.8 Å². The molecule has 128 valence electrons. The fourth-order valence-electron chi connectivity index (χ4n) is 3.59. The Labute approximate surface area is 130 Å². The minimum Gasteiger partial charge on any atom is -0.381 e. The van der Waals surface area contributed by atoms with E-state index in [2.05, 4.69) is 11.1 Å². The van der Waals surface area contributed by atoms with Crippen LogP contribution in [0.15, 0.2) is 11.8 Å². The lowest BCUT2D eigenvalue weighted by Gasteiger charge is -2.35. The van der Waals surface area contributed by atoms with Gasteiger partial charge in [0.05, 0.1) is 0 Å². The maximum atomic E-state index is 12.3. The molecule has 1 saturated carbocycles. The SMILES string of the molecule is CC[C@H]1CC[C@H](C2CC=C(OS(=O)(=O)C(F)(F)F)CC2)CC1. The number of rotatable bonds is 4. The maximum Gasteiger partial charge on any atom is 0.534 e. The first-order chi connectivity index (χ1) is 10.2. The van der Waals surface area contributed by atoms with Gasteiger partial charge in [0, 0.05) is 6.42 Å². The highest BCUT2D eigenvalue weighted by molar-refractivity contribution is 7.87. The zero-order valence-corrected chi connectivity index (χ0v) is 13.5. The average molecular weight is 340 g/mol. The molecule has 0 aromatic carbocycles. The average Bonchev–Trinajstić information content (AvgIpc) is 2.47. The van der Waals surface area contributed by atoms with Gasteiger partial charge in [0.25, 0.3) is 0 Å². The van der Waals surface area contributed by atoms with E-state index in [4.69, 9.17) is 0 Å². The molecule has 1 atom stereocenters. The number of halogens is 3. The van der Waals surface area contributed by atoms with Gasteiger partial charge in [-0.1, -0.05) is 26.2 Å². The highest BCUT2D eigenvalue weighted by atomic mass is 32.2. The fourth-order valence-corrected chi connectivity index (χ4v) is 4.12.